The number of hydrogen-bond acceptors (Lipinski definition) is 2. The third-order valence-corrected chi connectivity index (χ3v) is 2.29. The van der Waals surface area contributed by atoms with E-state index in [9.17, 15) is 0 Å². The molecule has 0 aromatic carbocycles. The number of unbranched alkanes of at least 4 members (excludes halogenated alkanes) is 5. The molecule has 0 N–H and O–H groups in total. The van der Waals surface area contributed by atoms with Gasteiger partial charge in [0.15, 0.2) is 6.29 Å². The van der Waals surface area contributed by atoms with E-state index in [2.05, 4.69) is 5.92 Å². The van der Waals surface area contributed by atoms with Gasteiger partial charge in [-0.3, -0.25) is 0 Å². The topological polar surface area (TPSA) is 18.5 Å². The fourth-order valence-corrected chi connectivity index (χ4v) is 1.40. The van der Waals surface area contributed by atoms with Crippen LogP contribution in [0.5, 0.6) is 0 Å². The molecule has 0 atom stereocenters. The molecule has 0 saturated heterocycles. The Hall–Kier alpha value is -0.520. The second kappa shape index (κ2) is 10.6. The van der Waals surface area contributed by atoms with Gasteiger partial charge in [0, 0.05) is 20.6 Å². The van der Waals surface area contributed by atoms with Gasteiger partial charge in [0.2, 0.25) is 0 Å². The van der Waals surface area contributed by atoms with Crippen LogP contribution in [0.3, 0.4) is 0 Å². The number of hydrogen-bond donors (Lipinski definition) is 0. The Bertz CT molecular complexity index is 145. The summed E-state index contributed by atoms with van der Waals surface area (Å²) in [5.74, 6) is 2.66. The Labute approximate surface area is 88.0 Å². The summed E-state index contributed by atoms with van der Waals surface area (Å²) in [6.45, 7) is 0. The van der Waals surface area contributed by atoms with Crippen molar-refractivity contribution in [2.45, 2.75) is 51.2 Å². The summed E-state index contributed by atoms with van der Waals surface area (Å²) in [4.78, 5) is 0. The molecular formula is C12H22O2. The van der Waals surface area contributed by atoms with Crippen molar-refractivity contribution in [3.05, 3.63) is 0 Å². The van der Waals surface area contributed by atoms with Gasteiger partial charge in [0.1, 0.15) is 0 Å². The largest absolute Gasteiger partial charge is 0.356 e. The number of ether oxygens (including phenoxy) is 2. The molecule has 82 valence electrons. The van der Waals surface area contributed by atoms with Crippen LogP contribution in [0.1, 0.15) is 44.9 Å². The zero-order chi connectivity index (χ0) is 10.6. The lowest BCUT2D eigenvalue weighted by molar-refractivity contribution is -0.107. The Morgan fingerprint density at radius 1 is 1.00 bits per heavy atom. The molecule has 0 heterocycles. The van der Waals surface area contributed by atoms with Crippen molar-refractivity contribution in [1.82, 2.24) is 0 Å². The first-order valence-electron chi connectivity index (χ1n) is 5.34. The van der Waals surface area contributed by atoms with Crippen LogP contribution in [0.15, 0.2) is 0 Å². The second-order valence-electron chi connectivity index (χ2n) is 3.41. The van der Waals surface area contributed by atoms with Crippen LogP contribution < -0.4 is 0 Å². The van der Waals surface area contributed by atoms with E-state index < -0.39 is 0 Å². The van der Waals surface area contributed by atoms with E-state index in [1.54, 1.807) is 14.2 Å². The third-order valence-electron chi connectivity index (χ3n) is 2.29. The van der Waals surface area contributed by atoms with E-state index in [1.807, 2.05) is 0 Å². The highest BCUT2D eigenvalue weighted by Crippen LogP contribution is 2.10. The van der Waals surface area contributed by atoms with Gasteiger partial charge in [0.25, 0.3) is 0 Å². The van der Waals surface area contributed by atoms with Crippen LogP contribution in [0, 0.1) is 12.3 Å². The van der Waals surface area contributed by atoms with Crippen LogP contribution >= 0.6 is 0 Å². The van der Waals surface area contributed by atoms with Gasteiger partial charge >= 0.3 is 0 Å². The fourth-order valence-electron chi connectivity index (χ4n) is 1.40. The zero-order valence-corrected chi connectivity index (χ0v) is 9.42. The van der Waals surface area contributed by atoms with Gasteiger partial charge in [-0.25, -0.2) is 0 Å². The molecule has 2 heteroatoms. The Kier molecular flexibility index (Phi) is 10.2. The van der Waals surface area contributed by atoms with E-state index in [-0.39, 0.29) is 6.29 Å². The van der Waals surface area contributed by atoms with Crippen molar-refractivity contribution in [2.75, 3.05) is 14.2 Å². The van der Waals surface area contributed by atoms with Crippen LogP contribution in [0.2, 0.25) is 0 Å². The van der Waals surface area contributed by atoms with E-state index in [1.165, 1.54) is 25.7 Å². The maximum atomic E-state index is 5.16. The first-order valence-corrected chi connectivity index (χ1v) is 5.34. The number of methoxy groups -OCH3 is 2. The summed E-state index contributed by atoms with van der Waals surface area (Å²) in [6, 6.07) is 0. The SMILES string of the molecule is C#CCCCCCCCC(OC)OC. The van der Waals surface area contributed by atoms with E-state index in [4.69, 9.17) is 15.9 Å². The van der Waals surface area contributed by atoms with E-state index in [0.29, 0.717) is 0 Å². The van der Waals surface area contributed by atoms with Gasteiger partial charge in [-0.05, 0) is 19.3 Å². The van der Waals surface area contributed by atoms with Gasteiger partial charge < -0.3 is 9.47 Å². The van der Waals surface area contributed by atoms with E-state index >= 15 is 0 Å². The molecule has 0 fully saturated rings. The highest BCUT2D eigenvalue weighted by Gasteiger charge is 2.03. The molecule has 0 rings (SSSR count). The lowest BCUT2D eigenvalue weighted by atomic mass is 10.1. The van der Waals surface area contributed by atoms with Gasteiger partial charge in [-0.2, -0.15) is 0 Å². The molecule has 0 radical (unpaired) electrons. The Morgan fingerprint density at radius 2 is 1.57 bits per heavy atom. The molecular weight excluding hydrogens is 176 g/mol. The number of rotatable bonds is 9. The molecule has 0 amide bonds. The molecule has 0 aliphatic rings. The lowest BCUT2D eigenvalue weighted by Gasteiger charge is -2.12. The van der Waals surface area contributed by atoms with Gasteiger partial charge in [-0.1, -0.05) is 19.3 Å². The molecule has 0 aliphatic heterocycles. The average Bonchev–Trinajstić information content (AvgIpc) is 2.22. The monoisotopic (exact) mass is 198 g/mol. The van der Waals surface area contributed by atoms with Crippen molar-refractivity contribution >= 4 is 0 Å². The standard InChI is InChI=1S/C12H22O2/c1-4-5-6-7-8-9-10-11-12(13-2)14-3/h1,12H,5-11H2,2-3H3. The Morgan fingerprint density at radius 3 is 2.14 bits per heavy atom. The maximum Gasteiger partial charge on any atom is 0.156 e. The molecule has 0 aromatic heterocycles. The molecule has 0 bridgehead atoms. The molecule has 0 saturated carbocycles. The van der Waals surface area contributed by atoms with Crippen LogP contribution in [0.4, 0.5) is 0 Å². The van der Waals surface area contributed by atoms with Crippen molar-refractivity contribution in [2.24, 2.45) is 0 Å². The predicted molar refractivity (Wildman–Crippen MR) is 59.0 cm³/mol. The molecule has 0 aromatic rings. The van der Waals surface area contributed by atoms with Crippen LogP contribution in [-0.2, 0) is 9.47 Å². The Balaban J connectivity index is 3.09. The normalized spacial score (nSPS) is 10.4. The summed E-state index contributed by atoms with van der Waals surface area (Å²) in [7, 11) is 3.36. The van der Waals surface area contributed by atoms with Crippen LogP contribution in [0.25, 0.3) is 0 Å². The summed E-state index contributed by atoms with van der Waals surface area (Å²) in [6.07, 6.45) is 13.1. The molecule has 14 heavy (non-hydrogen) atoms. The third kappa shape index (κ3) is 8.10. The highest BCUT2D eigenvalue weighted by molar-refractivity contribution is 4.82. The minimum Gasteiger partial charge on any atom is -0.356 e. The maximum absolute atomic E-state index is 5.16. The number of terminal acetylenes is 1. The first kappa shape index (κ1) is 13.5. The quantitative estimate of drug-likeness (QED) is 0.322. The van der Waals surface area contributed by atoms with Gasteiger partial charge in [-0.15, -0.1) is 12.3 Å². The van der Waals surface area contributed by atoms with E-state index in [0.717, 1.165) is 19.3 Å². The van der Waals surface area contributed by atoms with Crippen molar-refractivity contribution in [3.8, 4) is 12.3 Å². The zero-order valence-electron chi connectivity index (χ0n) is 9.42. The average molecular weight is 198 g/mol. The molecule has 0 aliphatic carbocycles. The second-order valence-corrected chi connectivity index (χ2v) is 3.41. The lowest BCUT2D eigenvalue weighted by Crippen LogP contribution is -2.12. The fraction of sp³-hybridized carbons (Fsp3) is 0.833. The summed E-state index contributed by atoms with van der Waals surface area (Å²) in [5.41, 5.74) is 0. The smallest absolute Gasteiger partial charge is 0.156 e. The molecule has 0 unspecified atom stereocenters. The summed E-state index contributed by atoms with van der Waals surface area (Å²) < 4.78 is 10.2. The highest BCUT2D eigenvalue weighted by atomic mass is 16.7. The molecule has 0 spiro atoms. The van der Waals surface area contributed by atoms with Crippen molar-refractivity contribution in [3.63, 3.8) is 0 Å². The minimum atomic E-state index is -0.0271. The first-order chi connectivity index (χ1) is 6.85. The minimum absolute atomic E-state index is 0.0271. The predicted octanol–water partition coefficient (Wildman–Crippen LogP) is 2.97. The summed E-state index contributed by atoms with van der Waals surface area (Å²) >= 11 is 0. The van der Waals surface area contributed by atoms with Crippen molar-refractivity contribution < 1.29 is 9.47 Å². The summed E-state index contributed by atoms with van der Waals surface area (Å²) in [5, 5.41) is 0. The molecule has 2 nitrogen and oxygen atoms in total. The van der Waals surface area contributed by atoms with Gasteiger partial charge in [0.05, 0.1) is 0 Å². The van der Waals surface area contributed by atoms with Crippen LogP contribution in [-0.4, -0.2) is 20.5 Å². The van der Waals surface area contributed by atoms with Crippen molar-refractivity contribution in [1.29, 1.82) is 0 Å².